The summed E-state index contributed by atoms with van der Waals surface area (Å²) in [5.41, 5.74) is 9.55. The monoisotopic (exact) mass is 902 g/mol. The van der Waals surface area contributed by atoms with E-state index in [0.29, 0.717) is 20.1 Å². The van der Waals surface area contributed by atoms with Crippen molar-refractivity contribution < 1.29 is 24.7 Å². The summed E-state index contributed by atoms with van der Waals surface area (Å²) < 4.78 is 3.32. The minimum atomic E-state index is -0.529. The second kappa shape index (κ2) is 20.6. The van der Waals surface area contributed by atoms with Crippen LogP contribution in [0.5, 0.6) is 0 Å². The molecule has 12 nitrogen and oxygen atoms in total. The third-order valence-corrected chi connectivity index (χ3v) is 9.03. The van der Waals surface area contributed by atoms with Crippen LogP contribution in [0.1, 0.15) is 47.8 Å². The first-order chi connectivity index (χ1) is 22.1. The third-order valence-electron chi connectivity index (χ3n) is 6.02. The molecule has 3 N–H and O–H groups in total. The number of halogens is 4. The molecule has 0 unspecified atom stereocenters. The number of aliphatic hydroxyl groups is 1. The SMILES string of the molecule is CC(=O)c1cc([N+](=O)[O-])ccc1Br.CCc1cc(N)ccc1Br.CCc1cc([N+](=O)[O-])ccc1Br.O=[N+]([O-])c1ccc(Br)c(CO)c1. The van der Waals surface area contributed by atoms with E-state index in [-0.39, 0.29) is 34.4 Å². The van der Waals surface area contributed by atoms with Crippen LogP contribution in [0.4, 0.5) is 22.7 Å². The molecule has 0 heterocycles. The van der Waals surface area contributed by atoms with E-state index >= 15 is 0 Å². The van der Waals surface area contributed by atoms with E-state index in [1.807, 2.05) is 25.1 Å². The smallest absolute Gasteiger partial charge is 0.270 e. The lowest BCUT2D eigenvalue weighted by Gasteiger charge is -2.00. The number of nitrogens with two attached hydrogens (primary N) is 1. The quantitative estimate of drug-likeness (QED) is 0.0786. The standard InChI is InChI=1S/C8H6BrNO3.C8H8BrNO2.C8H10BrN.C7H6BrNO3/c1-5(11)7-4-6(10(12)13)2-3-8(7)9;1-2-6-5-7(10(11)12)3-4-8(6)9;1-2-6-5-7(10)3-4-8(6)9;8-7-2-1-6(9(11)12)3-5(7)4-10/h2-4H,1H3;3-5H,2H2,1H3;3-5H,2,10H2,1H3;1-3,10H,4H2. The molecule has 0 spiro atoms. The Morgan fingerprint density at radius 1 is 0.638 bits per heavy atom. The van der Waals surface area contributed by atoms with Gasteiger partial charge in [0.05, 0.1) is 21.4 Å². The number of nitro groups is 3. The summed E-state index contributed by atoms with van der Waals surface area (Å²) in [7, 11) is 0. The number of anilines is 1. The van der Waals surface area contributed by atoms with Crippen LogP contribution in [0.2, 0.25) is 0 Å². The molecule has 0 aromatic heterocycles. The Morgan fingerprint density at radius 3 is 1.38 bits per heavy atom. The molecule has 4 aromatic carbocycles. The number of rotatable bonds is 7. The molecule has 0 aliphatic heterocycles. The first-order valence-corrected chi connectivity index (χ1v) is 16.7. The van der Waals surface area contributed by atoms with Crippen LogP contribution in [0, 0.1) is 30.3 Å². The summed E-state index contributed by atoms with van der Waals surface area (Å²) in [5, 5.41) is 39.8. The number of ketones is 1. The summed E-state index contributed by atoms with van der Waals surface area (Å²) in [6.07, 6.45) is 1.81. The lowest BCUT2D eigenvalue weighted by molar-refractivity contribution is -0.385. The molecule has 16 heteroatoms. The first-order valence-electron chi connectivity index (χ1n) is 13.5. The number of nitrogen functional groups attached to an aromatic ring is 1. The number of carbonyl (C=O) groups excluding carboxylic acids is 1. The topological polar surface area (TPSA) is 193 Å². The normalized spacial score (nSPS) is 9.79. The van der Waals surface area contributed by atoms with Crippen LogP contribution in [0.3, 0.4) is 0 Å². The number of aryl methyl sites for hydroxylation is 2. The zero-order valence-electron chi connectivity index (χ0n) is 25.3. The van der Waals surface area contributed by atoms with Crippen LogP contribution in [-0.2, 0) is 19.4 Å². The van der Waals surface area contributed by atoms with Gasteiger partial charge in [-0.05, 0) is 72.9 Å². The highest BCUT2D eigenvalue weighted by Crippen LogP contribution is 2.24. The van der Waals surface area contributed by atoms with Crippen LogP contribution in [0.15, 0.2) is 90.7 Å². The summed E-state index contributed by atoms with van der Waals surface area (Å²) in [5.74, 6) is -0.199. The maximum Gasteiger partial charge on any atom is 0.270 e. The van der Waals surface area contributed by atoms with Gasteiger partial charge in [0, 0.05) is 65.5 Å². The summed E-state index contributed by atoms with van der Waals surface area (Å²) in [6, 6.07) is 19.0. The van der Waals surface area contributed by atoms with Gasteiger partial charge < -0.3 is 10.8 Å². The summed E-state index contributed by atoms with van der Waals surface area (Å²) in [4.78, 5) is 40.6. The zero-order valence-corrected chi connectivity index (χ0v) is 31.6. The van der Waals surface area contributed by atoms with Crippen LogP contribution >= 0.6 is 63.7 Å². The molecule has 250 valence electrons. The fourth-order valence-electron chi connectivity index (χ4n) is 3.50. The number of hydrogen-bond acceptors (Lipinski definition) is 9. The van der Waals surface area contributed by atoms with Gasteiger partial charge in [-0.3, -0.25) is 35.1 Å². The second-order valence-electron chi connectivity index (χ2n) is 9.26. The van der Waals surface area contributed by atoms with E-state index in [1.54, 1.807) is 18.2 Å². The van der Waals surface area contributed by atoms with E-state index in [2.05, 4.69) is 70.6 Å². The Kier molecular flexibility index (Phi) is 18.2. The van der Waals surface area contributed by atoms with Crippen molar-refractivity contribution in [2.75, 3.05) is 5.73 Å². The number of carbonyl (C=O) groups is 1. The van der Waals surface area contributed by atoms with Crippen molar-refractivity contribution in [3.63, 3.8) is 0 Å². The van der Waals surface area contributed by atoms with Gasteiger partial charge in [-0.25, -0.2) is 0 Å². The number of non-ortho nitro benzene ring substituents is 3. The number of benzene rings is 4. The average Bonchev–Trinajstić information content (AvgIpc) is 3.03. The predicted molar refractivity (Wildman–Crippen MR) is 196 cm³/mol. The highest BCUT2D eigenvalue weighted by atomic mass is 79.9. The summed E-state index contributed by atoms with van der Waals surface area (Å²) >= 11 is 13.0. The molecule has 0 radical (unpaired) electrons. The summed E-state index contributed by atoms with van der Waals surface area (Å²) in [6.45, 7) is 5.23. The molecule has 0 atom stereocenters. The molecule has 47 heavy (non-hydrogen) atoms. The van der Waals surface area contributed by atoms with Crippen LogP contribution in [0.25, 0.3) is 0 Å². The molecule has 0 aliphatic carbocycles. The fraction of sp³-hybridized carbons (Fsp3) is 0.194. The predicted octanol–water partition coefficient (Wildman–Crippen LogP) is 9.92. The van der Waals surface area contributed by atoms with E-state index < -0.39 is 9.85 Å². The second-order valence-corrected chi connectivity index (χ2v) is 12.7. The lowest BCUT2D eigenvalue weighted by atomic mass is 10.1. The molecular formula is C31H30Br4N4O8. The molecular weight excluding hydrogens is 876 g/mol. The van der Waals surface area contributed by atoms with Gasteiger partial charge in [-0.15, -0.1) is 0 Å². The minimum absolute atomic E-state index is 0.0118. The van der Waals surface area contributed by atoms with Crippen molar-refractivity contribution in [1.29, 1.82) is 0 Å². The number of nitro benzene ring substituents is 3. The third kappa shape index (κ3) is 14.0. The molecule has 4 rings (SSSR count). The van der Waals surface area contributed by atoms with Crippen molar-refractivity contribution in [1.82, 2.24) is 0 Å². The maximum absolute atomic E-state index is 11.0. The van der Waals surface area contributed by atoms with Gasteiger partial charge in [-0.1, -0.05) is 77.6 Å². The highest BCUT2D eigenvalue weighted by Gasteiger charge is 2.12. The van der Waals surface area contributed by atoms with Crippen LogP contribution < -0.4 is 5.73 Å². The van der Waals surface area contributed by atoms with Gasteiger partial charge in [0.2, 0.25) is 0 Å². The molecule has 0 amide bonds. The van der Waals surface area contributed by atoms with E-state index in [4.69, 9.17) is 10.8 Å². The molecule has 0 saturated carbocycles. The van der Waals surface area contributed by atoms with Crippen molar-refractivity contribution in [2.24, 2.45) is 0 Å². The fourth-order valence-corrected chi connectivity index (χ4v) is 5.46. The average molecular weight is 906 g/mol. The van der Waals surface area contributed by atoms with E-state index in [9.17, 15) is 35.1 Å². The number of hydrogen-bond donors (Lipinski definition) is 2. The van der Waals surface area contributed by atoms with Gasteiger partial charge in [0.1, 0.15) is 0 Å². The largest absolute Gasteiger partial charge is 0.399 e. The molecule has 0 aliphatic rings. The Balaban J connectivity index is 0.000000315. The Labute approximate surface area is 304 Å². The van der Waals surface area contributed by atoms with Crippen molar-refractivity contribution >= 4 is 92.3 Å². The van der Waals surface area contributed by atoms with E-state index in [1.165, 1.54) is 48.9 Å². The zero-order chi connectivity index (χ0) is 35.8. The van der Waals surface area contributed by atoms with Crippen LogP contribution in [-0.4, -0.2) is 25.7 Å². The molecule has 4 aromatic rings. The Bertz CT molecular complexity index is 1670. The van der Waals surface area contributed by atoms with Gasteiger partial charge in [0.25, 0.3) is 17.1 Å². The maximum atomic E-state index is 11.0. The molecule has 0 bridgehead atoms. The lowest BCUT2D eigenvalue weighted by Crippen LogP contribution is -1.96. The Hall–Kier alpha value is -3.57. The molecule has 0 fully saturated rings. The Morgan fingerprint density at radius 2 is 1.00 bits per heavy atom. The highest BCUT2D eigenvalue weighted by molar-refractivity contribution is 9.11. The number of Topliss-reactive ketones (excluding diaryl/α,β-unsaturated/α-hetero) is 1. The van der Waals surface area contributed by atoms with Crippen molar-refractivity contribution in [3.05, 3.63) is 143 Å². The molecule has 0 saturated heterocycles. The van der Waals surface area contributed by atoms with Crippen molar-refractivity contribution in [3.8, 4) is 0 Å². The number of nitrogens with zero attached hydrogens (tertiary/aromatic N) is 3. The van der Waals surface area contributed by atoms with Gasteiger partial charge in [0.15, 0.2) is 5.78 Å². The van der Waals surface area contributed by atoms with Gasteiger partial charge >= 0.3 is 0 Å². The first kappa shape index (κ1) is 41.5. The van der Waals surface area contributed by atoms with Crippen molar-refractivity contribution in [2.45, 2.75) is 40.2 Å². The van der Waals surface area contributed by atoms with E-state index in [0.717, 1.165) is 33.0 Å². The van der Waals surface area contributed by atoms with Gasteiger partial charge in [-0.2, -0.15) is 0 Å². The number of aliphatic hydroxyl groups excluding tert-OH is 1. The minimum Gasteiger partial charge on any atom is -0.399 e.